The summed E-state index contributed by atoms with van der Waals surface area (Å²) in [5.41, 5.74) is 0.549. The van der Waals surface area contributed by atoms with Gasteiger partial charge in [-0.25, -0.2) is 4.98 Å². The topological polar surface area (TPSA) is 81.8 Å². The van der Waals surface area contributed by atoms with Gasteiger partial charge in [-0.1, -0.05) is 5.16 Å². The summed E-state index contributed by atoms with van der Waals surface area (Å²) >= 11 is 0. The minimum absolute atomic E-state index is 0.180. The molecule has 2 heterocycles. The van der Waals surface area contributed by atoms with Crippen LogP contribution in [0.4, 0.5) is 0 Å². The Bertz CT molecular complexity index is 537. The highest BCUT2D eigenvalue weighted by molar-refractivity contribution is 5.86. The third-order valence-corrected chi connectivity index (χ3v) is 2.84. The number of ketones is 1. The van der Waals surface area contributed by atoms with E-state index in [4.69, 9.17) is 4.52 Å². The first-order valence-corrected chi connectivity index (χ1v) is 5.47. The van der Waals surface area contributed by atoms with Crippen molar-refractivity contribution in [1.82, 2.24) is 20.1 Å². The normalized spacial score (nSPS) is 19.8. The Balaban J connectivity index is 1.91. The molecule has 0 aromatic carbocycles. The van der Waals surface area contributed by atoms with Gasteiger partial charge in [0.05, 0.1) is 12.1 Å². The number of carbonyl (C=O) groups excluding carboxylic acids is 1. The van der Waals surface area contributed by atoms with E-state index >= 15 is 0 Å². The molecule has 0 saturated heterocycles. The molecule has 1 unspecified atom stereocenters. The maximum absolute atomic E-state index is 11.6. The Labute approximate surface area is 97.1 Å². The number of hydrogen-bond acceptors (Lipinski definition) is 6. The van der Waals surface area contributed by atoms with Crippen molar-refractivity contribution in [1.29, 1.82) is 0 Å². The smallest absolute Gasteiger partial charge is 0.237 e. The fourth-order valence-electron chi connectivity index (χ4n) is 1.97. The quantitative estimate of drug-likeness (QED) is 0.774. The second kappa shape index (κ2) is 4.04. The van der Waals surface area contributed by atoms with E-state index < -0.39 is 0 Å². The maximum atomic E-state index is 11.6. The van der Waals surface area contributed by atoms with Gasteiger partial charge in [0.1, 0.15) is 11.5 Å². The van der Waals surface area contributed by atoms with Crippen LogP contribution in [-0.2, 0) is 4.79 Å². The van der Waals surface area contributed by atoms with Crippen LogP contribution < -0.4 is 0 Å². The number of rotatable bonds is 2. The van der Waals surface area contributed by atoms with E-state index in [1.807, 2.05) is 0 Å². The van der Waals surface area contributed by atoms with Crippen LogP contribution in [0.3, 0.4) is 0 Å². The molecule has 6 heteroatoms. The van der Waals surface area contributed by atoms with Gasteiger partial charge in [0.15, 0.2) is 0 Å². The molecule has 0 amide bonds. The van der Waals surface area contributed by atoms with Crippen LogP contribution in [0.1, 0.15) is 31.1 Å². The van der Waals surface area contributed by atoms with Crippen molar-refractivity contribution in [2.45, 2.75) is 25.2 Å². The lowest BCUT2D eigenvalue weighted by Gasteiger charge is -1.98. The molecule has 17 heavy (non-hydrogen) atoms. The van der Waals surface area contributed by atoms with Crippen molar-refractivity contribution in [3.63, 3.8) is 0 Å². The molecule has 1 atom stereocenters. The molecule has 3 rings (SSSR count). The zero-order chi connectivity index (χ0) is 11.7. The van der Waals surface area contributed by atoms with Crippen molar-refractivity contribution >= 4 is 5.78 Å². The van der Waals surface area contributed by atoms with E-state index in [0.29, 0.717) is 23.8 Å². The largest absolute Gasteiger partial charge is 0.338 e. The molecule has 0 N–H and O–H groups in total. The Morgan fingerprint density at radius 2 is 2.29 bits per heavy atom. The fraction of sp³-hybridized carbons (Fsp3) is 0.364. The zero-order valence-corrected chi connectivity index (χ0v) is 9.04. The molecule has 2 aromatic heterocycles. The molecular weight excluding hydrogens is 220 g/mol. The number of nitrogens with zero attached hydrogens (tertiary/aromatic N) is 4. The first kappa shape index (κ1) is 10.1. The van der Waals surface area contributed by atoms with Gasteiger partial charge < -0.3 is 4.52 Å². The lowest BCUT2D eigenvalue weighted by Crippen LogP contribution is -2.04. The molecule has 1 aliphatic rings. The van der Waals surface area contributed by atoms with E-state index in [1.165, 1.54) is 0 Å². The van der Waals surface area contributed by atoms with Gasteiger partial charge in [-0.15, -0.1) is 0 Å². The lowest BCUT2D eigenvalue weighted by atomic mass is 10.1. The second-order valence-electron chi connectivity index (χ2n) is 3.96. The second-order valence-corrected chi connectivity index (χ2v) is 3.96. The molecule has 1 saturated carbocycles. The van der Waals surface area contributed by atoms with Crippen molar-refractivity contribution < 1.29 is 9.32 Å². The molecule has 0 aliphatic heterocycles. The predicted octanol–water partition coefficient (Wildman–Crippen LogP) is 1.36. The average molecular weight is 230 g/mol. The molecule has 6 nitrogen and oxygen atoms in total. The Morgan fingerprint density at radius 3 is 3.00 bits per heavy atom. The molecule has 0 spiro atoms. The third-order valence-electron chi connectivity index (χ3n) is 2.84. The van der Waals surface area contributed by atoms with Crippen LogP contribution in [0.2, 0.25) is 0 Å². The Hall–Kier alpha value is -2.11. The first-order chi connectivity index (χ1) is 8.34. The van der Waals surface area contributed by atoms with E-state index in [0.717, 1.165) is 12.8 Å². The molecule has 1 fully saturated rings. The van der Waals surface area contributed by atoms with Crippen molar-refractivity contribution in [2.75, 3.05) is 0 Å². The highest BCUT2D eigenvalue weighted by atomic mass is 16.5. The summed E-state index contributed by atoms with van der Waals surface area (Å²) in [7, 11) is 0. The van der Waals surface area contributed by atoms with Crippen LogP contribution >= 0.6 is 0 Å². The first-order valence-electron chi connectivity index (χ1n) is 5.47. The predicted molar refractivity (Wildman–Crippen MR) is 56.9 cm³/mol. The highest BCUT2D eigenvalue weighted by Gasteiger charge is 2.31. The van der Waals surface area contributed by atoms with Crippen LogP contribution in [0.15, 0.2) is 23.1 Å². The molecular formula is C11H10N4O2. The summed E-state index contributed by atoms with van der Waals surface area (Å²) in [6.45, 7) is 0. The average Bonchev–Trinajstić information content (AvgIpc) is 2.98. The van der Waals surface area contributed by atoms with Gasteiger partial charge in [0.2, 0.25) is 11.7 Å². The van der Waals surface area contributed by atoms with E-state index in [2.05, 4.69) is 20.1 Å². The number of Topliss-reactive ketones (excluding diaryl/α,β-unsaturated/α-hetero) is 1. The maximum Gasteiger partial charge on any atom is 0.237 e. The number of aromatic nitrogens is 4. The summed E-state index contributed by atoms with van der Waals surface area (Å²) in [4.78, 5) is 23.8. The SMILES string of the molecule is O=C1CCCC1c1nc(-c2cnccn2)no1. The highest BCUT2D eigenvalue weighted by Crippen LogP contribution is 2.30. The number of hydrogen-bond donors (Lipinski definition) is 0. The van der Waals surface area contributed by atoms with Gasteiger partial charge in [-0.3, -0.25) is 9.78 Å². The van der Waals surface area contributed by atoms with Gasteiger partial charge in [-0.2, -0.15) is 4.98 Å². The minimum Gasteiger partial charge on any atom is -0.338 e. The summed E-state index contributed by atoms with van der Waals surface area (Å²) in [5.74, 6) is 0.730. The van der Waals surface area contributed by atoms with Gasteiger partial charge in [0.25, 0.3) is 0 Å². The standard InChI is InChI=1S/C11H10N4O2/c16-9-3-1-2-7(9)11-14-10(15-17-11)8-6-12-4-5-13-8/h4-7H,1-3H2. The molecule has 0 bridgehead atoms. The summed E-state index contributed by atoms with van der Waals surface area (Å²) in [5, 5.41) is 3.82. The number of carbonyl (C=O) groups is 1. The summed E-state index contributed by atoms with van der Waals surface area (Å²) in [6, 6.07) is 0. The zero-order valence-electron chi connectivity index (χ0n) is 9.04. The van der Waals surface area contributed by atoms with Gasteiger partial charge in [0, 0.05) is 18.8 Å². The molecule has 86 valence electrons. The van der Waals surface area contributed by atoms with Gasteiger partial charge >= 0.3 is 0 Å². The fourth-order valence-corrected chi connectivity index (χ4v) is 1.97. The molecule has 0 radical (unpaired) electrons. The van der Waals surface area contributed by atoms with E-state index in [-0.39, 0.29) is 11.7 Å². The van der Waals surface area contributed by atoms with Crippen LogP contribution in [-0.4, -0.2) is 25.9 Å². The monoisotopic (exact) mass is 230 g/mol. The van der Waals surface area contributed by atoms with Crippen molar-refractivity contribution in [3.05, 3.63) is 24.5 Å². The minimum atomic E-state index is -0.229. The van der Waals surface area contributed by atoms with Crippen LogP contribution in [0.25, 0.3) is 11.5 Å². The van der Waals surface area contributed by atoms with Crippen LogP contribution in [0, 0.1) is 0 Å². The van der Waals surface area contributed by atoms with Crippen molar-refractivity contribution in [2.24, 2.45) is 0 Å². The lowest BCUT2D eigenvalue weighted by molar-refractivity contribution is -0.119. The third kappa shape index (κ3) is 1.82. The van der Waals surface area contributed by atoms with Crippen molar-refractivity contribution in [3.8, 4) is 11.5 Å². The van der Waals surface area contributed by atoms with E-state index in [1.54, 1.807) is 18.6 Å². The molecule has 2 aromatic rings. The summed E-state index contributed by atoms with van der Waals surface area (Å²) in [6.07, 6.45) is 6.99. The van der Waals surface area contributed by atoms with Gasteiger partial charge in [-0.05, 0) is 12.8 Å². The summed E-state index contributed by atoms with van der Waals surface area (Å²) < 4.78 is 5.12. The molecule has 1 aliphatic carbocycles. The Morgan fingerprint density at radius 1 is 1.35 bits per heavy atom. The van der Waals surface area contributed by atoms with Crippen LogP contribution in [0.5, 0.6) is 0 Å². The Kier molecular flexibility index (Phi) is 2.40. The van der Waals surface area contributed by atoms with E-state index in [9.17, 15) is 4.79 Å².